The van der Waals surface area contributed by atoms with Gasteiger partial charge in [-0.05, 0) is 18.2 Å². The van der Waals surface area contributed by atoms with E-state index >= 15 is 0 Å². The van der Waals surface area contributed by atoms with E-state index in [1.54, 1.807) is 4.90 Å². The summed E-state index contributed by atoms with van der Waals surface area (Å²) < 4.78 is 18.4. The summed E-state index contributed by atoms with van der Waals surface area (Å²) >= 11 is 5.97. The molecule has 0 N–H and O–H groups in total. The molecule has 0 aliphatic carbocycles. The van der Waals surface area contributed by atoms with Crippen molar-refractivity contribution in [2.45, 2.75) is 0 Å². The van der Waals surface area contributed by atoms with Crippen LogP contribution in [0.25, 0.3) is 0 Å². The highest BCUT2D eigenvalue weighted by Gasteiger charge is 2.26. The van der Waals surface area contributed by atoms with E-state index < -0.39 is 5.82 Å². The van der Waals surface area contributed by atoms with Gasteiger partial charge in [-0.1, -0.05) is 11.6 Å². The number of rotatable bonds is 3. The lowest BCUT2D eigenvalue weighted by Gasteiger charge is -2.36. The Hall–Kier alpha value is -1.70. The zero-order valence-corrected chi connectivity index (χ0v) is 14.7. The fraction of sp³-hybridized carbons (Fsp3) is 0.529. The minimum Gasteiger partial charge on any atom is -0.378 e. The Balaban J connectivity index is 1.51. The number of hydrogen-bond acceptors (Lipinski definition) is 4. The van der Waals surface area contributed by atoms with E-state index in [9.17, 15) is 14.0 Å². The second kappa shape index (κ2) is 8.12. The van der Waals surface area contributed by atoms with Crippen LogP contribution in [0, 0.1) is 5.82 Å². The summed E-state index contributed by atoms with van der Waals surface area (Å²) in [6, 6.07) is 3.79. The minimum atomic E-state index is -0.465. The molecule has 8 heteroatoms. The molecular formula is C17H21ClFN3O3. The first-order valence-corrected chi connectivity index (χ1v) is 8.74. The van der Waals surface area contributed by atoms with Crippen molar-refractivity contribution in [3.05, 3.63) is 34.6 Å². The number of piperazine rings is 1. The van der Waals surface area contributed by atoms with Crippen LogP contribution < -0.4 is 0 Å². The zero-order chi connectivity index (χ0) is 17.8. The first-order valence-electron chi connectivity index (χ1n) is 8.37. The maximum Gasteiger partial charge on any atom is 0.255 e. The molecule has 0 saturated carbocycles. The monoisotopic (exact) mass is 369 g/mol. The molecule has 2 saturated heterocycles. The summed E-state index contributed by atoms with van der Waals surface area (Å²) in [7, 11) is 0. The second-order valence-corrected chi connectivity index (χ2v) is 6.59. The van der Waals surface area contributed by atoms with Crippen molar-refractivity contribution in [2.24, 2.45) is 0 Å². The number of hydrogen-bond donors (Lipinski definition) is 0. The molecule has 6 nitrogen and oxygen atoms in total. The molecule has 0 bridgehead atoms. The summed E-state index contributed by atoms with van der Waals surface area (Å²) in [5.41, 5.74) is 0.306. The summed E-state index contributed by atoms with van der Waals surface area (Å²) in [6.45, 7) is 5.10. The van der Waals surface area contributed by atoms with Gasteiger partial charge in [-0.2, -0.15) is 0 Å². The van der Waals surface area contributed by atoms with Crippen molar-refractivity contribution in [1.29, 1.82) is 0 Å². The number of carbonyl (C=O) groups excluding carboxylic acids is 2. The van der Waals surface area contributed by atoms with Gasteiger partial charge in [0.15, 0.2) is 0 Å². The SMILES string of the molecule is O=C(CN1CCN(C(=O)c2ccc(F)cc2Cl)CC1)N1CCOCC1. The van der Waals surface area contributed by atoms with Crippen molar-refractivity contribution >= 4 is 23.4 Å². The van der Waals surface area contributed by atoms with Gasteiger partial charge in [0.1, 0.15) is 5.82 Å². The summed E-state index contributed by atoms with van der Waals surface area (Å²) in [5.74, 6) is -0.568. The van der Waals surface area contributed by atoms with Gasteiger partial charge < -0.3 is 14.5 Å². The second-order valence-electron chi connectivity index (χ2n) is 6.19. The highest BCUT2D eigenvalue weighted by atomic mass is 35.5. The van der Waals surface area contributed by atoms with E-state index in [4.69, 9.17) is 16.3 Å². The number of ether oxygens (including phenoxy) is 1. The molecule has 0 atom stereocenters. The molecule has 2 aliphatic rings. The lowest BCUT2D eigenvalue weighted by molar-refractivity contribution is -0.136. The molecule has 0 radical (unpaired) electrons. The lowest BCUT2D eigenvalue weighted by atomic mass is 10.1. The Morgan fingerprint density at radius 2 is 1.72 bits per heavy atom. The maximum atomic E-state index is 13.1. The molecule has 2 heterocycles. The van der Waals surface area contributed by atoms with Gasteiger partial charge in [-0.15, -0.1) is 0 Å². The van der Waals surface area contributed by atoms with Crippen LogP contribution in [0.4, 0.5) is 4.39 Å². The molecule has 1 aromatic rings. The molecule has 0 unspecified atom stereocenters. The molecule has 0 spiro atoms. The smallest absolute Gasteiger partial charge is 0.255 e. The highest BCUT2D eigenvalue weighted by molar-refractivity contribution is 6.33. The quantitative estimate of drug-likeness (QED) is 0.800. The van der Waals surface area contributed by atoms with Crippen LogP contribution in [0.2, 0.25) is 5.02 Å². The van der Waals surface area contributed by atoms with Crippen molar-refractivity contribution < 1.29 is 18.7 Å². The summed E-state index contributed by atoms with van der Waals surface area (Å²) in [6.07, 6.45) is 0. The molecule has 3 rings (SSSR count). The molecule has 2 fully saturated rings. The minimum absolute atomic E-state index is 0.102. The average Bonchev–Trinajstić information content (AvgIpc) is 2.62. The van der Waals surface area contributed by atoms with Crippen LogP contribution in [0.3, 0.4) is 0 Å². The third-order valence-corrected chi connectivity index (χ3v) is 4.86. The fourth-order valence-electron chi connectivity index (χ4n) is 3.05. The Morgan fingerprint density at radius 3 is 2.36 bits per heavy atom. The van der Waals surface area contributed by atoms with Gasteiger partial charge in [0.05, 0.1) is 30.3 Å². The van der Waals surface area contributed by atoms with E-state index in [0.717, 1.165) is 6.07 Å². The van der Waals surface area contributed by atoms with E-state index in [1.807, 2.05) is 9.80 Å². The Bertz CT molecular complexity index is 644. The Morgan fingerprint density at radius 1 is 1.04 bits per heavy atom. The lowest BCUT2D eigenvalue weighted by Crippen LogP contribution is -2.52. The first kappa shape index (κ1) is 18.1. The number of benzene rings is 1. The number of amides is 2. The number of carbonyl (C=O) groups is 2. The topological polar surface area (TPSA) is 53.1 Å². The van der Waals surface area contributed by atoms with Crippen LogP contribution in [0.15, 0.2) is 18.2 Å². The van der Waals surface area contributed by atoms with Gasteiger partial charge in [0, 0.05) is 39.3 Å². The van der Waals surface area contributed by atoms with Crippen LogP contribution in [-0.2, 0) is 9.53 Å². The molecule has 136 valence electrons. The average molecular weight is 370 g/mol. The van der Waals surface area contributed by atoms with Crippen molar-refractivity contribution in [2.75, 3.05) is 59.0 Å². The molecule has 1 aromatic carbocycles. The summed E-state index contributed by atoms with van der Waals surface area (Å²) in [4.78, 5) is 30.4. The predicted molar refractivity (Wildman–Crippen MR) is 91.2 cm³/mol. The Kier molecular flexibility index (Phi) is 5.88. The van der Waals surface area contributed by atoms with Crippen LogP contribution in [0.1, 0.15) is 10.4 Å². The molecular weight excluding hydrogens is 349 g/mol. The van der Waals surface area contributed by atoms with Gasteiger partial charge in [-0.3, -0.25) is 14.5 Å². The van der Waals surface area contributed by atoms with E-state index in [0.29, 0.717) is 64.6 Å². The van der Waals surface area contributed by atoms with Gasteiger partial charge in [0.25, 0.3) is 5.91 Å². The zero-order valence-electron chi connectivity index (χ0n) is 13.9. The van der Waals surface area contributed by atoms with E-state index in [-0.39, 0.29) is 16.8 Å². The van der Waals surface area contributed by atoms with Gasteiger partial charge >= 0.3 is 0 Å². The van der Waals surface area contributed by atoms with Crippen molar-refractivity contribution in [3.63, 3.8) is 0 Å². The van der Waals surface area contributed by atoms with Crippen LogP contribution in [0.5, 0.6) is 0 Å². The molecule has 25 heavy (non-hydrogen) atoms. The molecule has 2 aliphatic heterocycles. The highest BCUT2D eigenvalue weighted by Crippen LogP contribution is 2.20. The number of morpholine rings is 1. The third-order valence-electron chi connectivity index (χ3n) is 4.54. The normalized spacial score (nSPS) is 19.1. The van der Waals surface area contributed by atoms with Crippen molar-refractivity contribution in [1.82, 2.24) is 14.7 Å². The van der Waals surface area contributed by atoms with Gasteiger partial charge in [-0.25, -0.2) is 4.39 Å². The largest absolute Gasteiger partial charge is 0.378 e. The number of nitrogens with zero attached hydrogens (tertiary/aromatic N) is 3. The third kappa shape index (κ3) is 4.48. The van der Waals surface area contributed by atoms with Gasteiger partial charge in [0.2, 0.25) is 5.91 Å². The van der Waals surface area contributed by atoms with Crippen LogP contribution in [-0.4, -0.2) is 85.5 Å². The van der Waals surface area contributed by atoms with Crippen LogP contribution >= 0.6 is 11.6 Å². The molecule has 2 amide bonds. The Labute approximate surface area is 151 Å². The van der Waals surface area contributed by atoms with E-state index in [1.165, 1.54) is 12.1 Å². The number of halogens is 2. The summed E-state index contributed by atoms with van der Waals surface area (Å²) in [5, 5.41) is 0.120. The van der Waals surface area contributed by atoms with E-state index in [2.05, 4.69) is 0 Å². The van der Waals surface area contributed by atoms with Crippen molar-refractivity contribution in [3.8, 4) is 0 Å². The standard InChI is InChI=1S/C17H21ClFN3O3/c18-15-11-13(19)1-2-14(15)17(24)22-5-3-20(4-6-22)12-16(23)21-7-9-25-10-8-21/h1-2,11H,3-10,12H2. The maximum absolute atomic E-state index is 13.1. The predicted octanol–water partition coefficient (Wildman–Crippen LogP) is 1.10. The fourth-order valence-corrected chi connectivity index (χ4v) is 3.29. The molecule has 0 aromatic heterocycles. The first-order chi connectivity index (χ1) is 12.0.